The Kier molecular flexibility index (Phi) is 3.43. The summed E-state index contributed by atoms with van der Waals surface area (Å²) >= 11 is 0. The van der Waals surface area contributed by atoms with E-state index in [1.807, 2.05) is 0 Å². The van der Waals surface area contributed by atoms with E-state index in [1.54, 1.807) is 0 Å². The number of hydrogen-bond acceptors (Lipinski definition) is 3. The van der Waals surface area contributed by atoms with Gasteiger partial charge < -0.3 is 10.4 Å². The van der Waals surface area contributed by atoms with Crippen molar-refractivity contribution in [1.82, 2.24) is 5.32 Å². The van der Waals surface area contributed by atoms with Crippen molar-refractivity contribution < 1.29 is 14.7 Å². The lowest BCUT2D eigenvalue weighted by Gasteiger charge is -2.46. The smallest absolute Gasteiger partial charge is 0.310 e. The third kappa shape index (κ3) is 3.59. The number of hydrogen-bond donors (Lipinski definition) is 2. The van der Waals surface area contributed by atoms with Crippen molar-refractivity contribution in [2.75, 3.05) is 0 Å². The van der Waals surface area contributed by atoms with Crippen LogP contribution in [0.2, 0.25) is 0 Å². The summed E-state index contributed by atoms with van der Waals surface area (Å²) in [6, 6.07) is 0. The average molecular weight is 227 g/mol. The van der Waals surface area contributed by atoms with Crippen LogP contribution in [-0.2, 0) is 9.59 Å². The molecule has 1 heterocycles. The number of rotatable bonds is 3. The highest BCUT2D eigenvalue weighted by Crippen LogP contribution is 2.33. The molecule has 92 valence electrons. The molecule has 0 aromatic heterocycles. The van der Waals surface area contributed by atoms with E-state index in [0.29, 0.717) is 12.8 Å². The molecule has 0 atom stereocenters. The minimum absolute atomic E-state index is 0.111. The molecule has 1 aliphatic heterocycles. The number of Topliss-reactive ketones (excluding diaryl/α,β-unsaturated/α-hetero) is 1. The fourth-order valence-corrected chi connectivity index (χ4v) is 2.84. The fourth-order valence-electron chi connectivity index (χ4n) is 2.84. The normalized spacial score (nSPS) is 24.0. The number of piperidine rings is 1. The summed E-state index contributed by atoms with van der Waals surface area (Å²) in [5.74, 6) is -1.31. The molecule has 16 heavy (non-hydrogen) atoms. The second kappa shape index (κ2) is 4.17. The number of carboxylic acid groups (broad SMARTS) is 1. The van der Waals surface area contributed by atoms with Gasteiger partial charge in [-0.25, -0.2) is 0 Å². The summed E-state index contributed by atoms with van der Waals surface area (Å²) < 4.78 is 0. The summed E-state index contributed by atoms with van der Waals surface area (Å²) in [6.45, 7) is 8.20. The van der Waals surface area contributed by atoms with Gasteiger partial charge in [0.05, 0.1) is 0 Å². The van der Waals surface area contributed by atoms with Crippen LogP contribution < -0.4 is 5.32 Å². The van der Waals surface area contributed by atoms with Gasteiger partial charge in [0.15, 0.2) is 0 Å². The molecule has 4 heteroatoms. The molecule has 1 aliphatic rings. The molecule has 0 aliphatic carbocycles. The first-order valence-corrected chi connectivity index (χ1v) is 5.65. The number of carbonyl (C=O) groups excluding carboxylic acids is 1. The van der Waals surface area contributed by atoms with Gasteiger partial charge >= 0.3 is 5.97 Å². The fraction of sp³-hybridized carbons (Fsp3) is 0.833. The van der Waals surface area contributed by atoms with Crippen molar-refractivity contribution in [1.29, 1.82) is 0 Å². The number of nitrogens with one attached hydrogen (secondary N) is 1. The Hall–Kier alpha value is -0.900. The van der Waals surface area contributed by atoms with E-state index >= 15 is 0 Å². The Morgan fingerprint density at radius 2 is 1.62 bits per heavy atom. The molecule has 2 N–H and O–H groups in total. The number of carboxylic acids is 1. The van der Waals surface area contributed by atoms with Crippen molar-refractivity contribution in [2.24, 2.45) is 5.92 Å². The zero-order valence-electron chi connectivity index (χ0n) is 10.5. The van der Waals surface area contributed by atoms with Crippen molar-refractivity contribution in [2.45, 2.75) is 58.0 Å². The second-order valence-corrected chi connectivity index (χ2v) is 6.03. The van der Waals surface area contributed by atoms with Crippen LogP contribution >= 0.6 is 0 Å². The highest BCUT2D eigenvalue weighted by atomic mass is 16.4. The minimum Gasteiger partial charge on any atom is -0.481 e. The van der Waals surface area contributed by atoms with Gasteiger partial charge in [0.25, 0.3) is 0 Å². The summed E-state index contributed by atoms with van der Waals surface area (Å²) in [7, 11) is 0. The van der Waals surface area contributed by atoms with Crippen LogP contribution in [0.15, 0.2) is 0 Å². The van der Waals surface area contributed by atoms with Gasteiger partial charge in [-0.3, -0.25) is 9.59 Å². The number of ketones is 1. The SMILES string of the molecule is CC1(C)CC(C(=O)CC(=O)O)CC(C)(C)N1. The van der Waals surface area contributed by atoms with Crippen LogP contribution in [0.3, 0.4) is 0 Å². The third-order valence-electron chi connectivity index (χ3n) is 2.97. The Labute approximate surface area is 96.4 Å². The van der Waals surface area contributed by atoms with Gasteiger partial charge in [-0.05, 0) is 40.5 Å². The highest BCUT2D eigenvalue weighted by Gasteiger charge is 2.40. The van der Waals surface area contributed by atoms with Crippen molar-refractivity contribution in [3.63, 3.8) is 0 Å². The first-order valence-electron chi connectivity index (χ1n) is 5.65. The van der Waals surface area contributed by atoms with E-state index in [2.05, 4.69) is 33.0 Å². The zero-order chi connectivity index (χ0) is 12.6. The molecule has 0 unspecified atom stereocenters. The molecule has 0 amide bonds. The molecular formula is C12H21NO3. The first-order chi connectivity index (χ1) is 7.11. The molecular weight excluding hydrogens is 206 g/mol. The van der Waals surface area contributed by atoms with Crippen molar-refractivity contribution in [3.8, 4) is 0 Å². The van der Waals surface area contributed by atoms with Crippen LogP contribution in [0.25, 0.3) is 0 Å². The van der Waals surface area contributed by atoms with Crippen LogP contribution in [0, 0.1) is 5.92 Å². The monoisotopic (exact) mass is 227 g/mol. The van der Waals surface area contributed by atoms with E-state index in [-0.39, 0.29) is 29.2 Å². The van der Waals surface area contributed by atoms with Crippen molar-refractivity contribution in [3.05, 3.63) is 0 Å². The van der Waals surface area contributed by atoms with Gasteiger partial charge in [0.1, 0.15) is 12.2 Å². The van der Waals surface area contributed by atoms with E-state index in [4.69, 9.17) is 5.11 Å². The summed E-state index contributed by atoms with van der Waals surface area (Å²) in [5.41, 5.74) is -0.221. The molecule has 4 nitrogen and oxygen atoms in total. The summed E-state index contributed by atoms with van der Waals surface area (Å²) in [5, 5.41) is 12.1. The predicted molar refractivity (Wildman–Crippen MR) is 61.3 cm³/mol. The van der Waals surface area contributed by atoms with Crippen LogP contribution in [0.5, 0.6) is 0 Å². The lowest BCUT2D eigenvalue weighted by Crippen LogP contribution is -2.58. The molecule has 1 fully saturated rings. The van der Waals surface area contributed by atoms with Gasteiger partial charge in [0.2, 0.25) is 0 Å². The Bertz CT molecular complexity index is 291. The lowest BCUT2D eigenvalue weighted by molar-refractivity contribution is -0.142. The predicted octanol–water partition coefficient (Wildman–Crippen LogP) is 1.59. The number of carbonyl (C=O) groups is 2. The van der Waals surface area contributed by atoms with E-state index in [9.17, 15) is 9.59 Å². The van der Waals surface area contributed by atoms with E-state index in [0.717, 1.165) is 0 Å². The third-order valence-corrected chi connectivity index (χ3v) is 2.97. The summed E-state index contributed by atoms with van der Waals surface area (Å²) in [6.07, 6.45) is 1.07. The molecule has 0 bridgehead atoms. The van der Waals surface area contributed by atoms with Gasteiger partial charge in [0, 0.05) is 17.0 Å². The largest absolute Gasteiger partial charge is 0.481 e. The van der Waals surface area contributed by atoms with E-state index < -0.39 is 5.97 Å². The molecule has 1 rings (SSSR count). The molecule has 0 aromatic carbocycles. The van der Waals surface area contributed by atoms with E-state index in [1.165, 1.54) is 0 Å². The maximum Gasteiger partial charge on any atom is 0.310 e. The standard InChI is InChI=1S/C12H21NO3/c1-11(2)6-8(7-12(3,4)13-11)9(14)5-10(15)16/h8,13H,5-7H2,1-4H3,(H,15,16). The Balaban J connectivity index is 2.74. The maximum absolute atomic E-state index is 11.8. The Morgan fingerprint density at radius 3 is 2.00 bits per heavy atom. The quantitative estimate of drug-likeness (QED) is 0.718. The molecule has 0 spiro atoms. The van der Waals surface area contributed by atoms with Gasteiger partial charge in [-0.1, -0.05) is 0 Å². The zero-order valence-corrected chi connectivity index (χ0v) is 10.5. The minimum atomic E-state index is -1.03. The molecule has 0 radical (unpaired) electrons. The first kappa shape index (κ1) is 13.2. The highest BCUT2D eigenvalue weighted by molar-refractivity contribution is 5.96. The average Bonchev–Trinajstić information content (AvgIpc) is 1.96. The Morgan fingerprint density at radius 1 is 1.19 bits per heavy atom. The van der Waals surface area contributed by atoms with Gasteiger partial charge in [-0.2, -0.15) is 0 Å². The molecule has 1 saturated heterocycles. The van der Waals surface area contributed by atoms with Gasteiger partial charge in [-0.15, -0.1) is 0 Å². The van der Waals surface area contributed by atoms with Crippen molar-refractivity contribution >= 4 is 11.8 Å². The molecule has 0 aromatic rings. The number of aliphatic carboxylic acids is 1. The maximum atomic E-state index is 11.8. The second-order valence-electron chi connectivity index (χ2n) is 6.03. The van der Waals surface area contributed by atoms with Crippen LogP contribution in [0.4, 0.5) is 0 Å². The summed E-state index contributed by atoms with van der Waals surface area (Å²) in [4.78, 5) is 22.3. The topological polar surface area (TPSA) is 66.4 Å². The van der Waals surface area contributed by atoms with Crippen LogP contribution in [-0.4, -0.2) is 27.9 Å². The lowest BCUT2D eigenvalue weighted by atomic mass is 9.74. The molecule has 0 saturated carbocycles. The van der Waals surface area contributed by atoms with Crippen LogP contribution in [0.1, 0.15) is 47.0 Å².